The smallest absolute Gasteiger partial charge is 0.416 e. The number of anilines is 1. The number of carbonyl (C=O) groups is 2. The summed E-state index contributed by atoms with van der Waals surface area (Å²) < 4.78 is 19.0. The maximum Gasteiger partial charge on any atom is 0.416 e. The molecular weight excluding hydrogens is 582 g/mol. The van der Waals surface area contributed by atoms with E-state index in [0.717, 1.165) is 58.4 Å². The Morgan fingerprint density at radius 1 is 1.07 bits per heavy atom. The molecule has 1 aliphatic rings. The summed E-state index contributed by atoms with van der Waals surface area (Å²) >= 11 is 0. The van der Waals surface area contributed by atoms with E-state index in [1.165, 1.54) is 6.08 Å². The monoisotopic (exact) mass is 625 g/mol. The molecule has 10 nitrogen and oxygen atoms in total. The van der Waals surface area contributed by atoms with Crippen molar-refractivity contribution in [3.63, 3.8) is 0 Å². The number of aryl methyl sites for hydroxylation is 1. The number of hydrogen-bond donors (Lipinski definition) is 0. The van der Waals surface area contributed by atoms with E-state index in [1.807, 2.05) is 88.2 Å². The van der Waals surface area contributed by atoms with Gasteiger partial charge in [-0.05, 0) is 102 Å². The van der Waals surface area contributed by atoms with Crippen LogP contribution in [0.2, 0.25) is 0 Å². The molecule has 0 spiro atoms. The number of ether oxygens (including phenoxy) is 3. The highest BCUT2D eigenvalue weighted by Gasteiger charge is 2.28. The van der Waals surface area contributed by atoms with Crippen LogP contribution in [0.1, 0.15) is 56.5 Å². The average molecular weight is 626 g/mol. The zero-order valence-electron chi connectivity index (χ0n) is 27.6. The lowest BCUT2D eigenvalue weighted by atomic mass is 10.1. The molecule has 4 aromatic rings. The fourth-order valence-electron chi connectivity index (χ4n) is 5.47. The van der Waals surface area contributed by atoms with Gasteiger partial charge in [-0.25, -0.2) is 14.6 Å². The number of carbonyl (C=O) groups excluding carboxylic acids is 2. The second-order valence-electron chi connectivity index (χ2n) is 12.6. The first-order chi connectivity index (χ1) is 22.0. The average Bonchev–Trinajstić information content (AvgIpc) is 3.41. The number of amides is 1. The molecule has 0 bridgehead atoms. The molecule has 0 aliphatic carbocycles. The van der Waals surface area contributed by atoms with Crippen molar-refractivity contribution in [2.75, 3.05) is 38.8 Å². The van der Waals surface area contributed by atoms with Gasteiger partial charge in [0.2, 0.25) is 0 Å². The Balaban J connectivity index is 1.32. The van der Waals surface area contributed by atoms with E-state index in [9.17, 15) is 9.59 Å². The molecule has 1 amide bonds. The van der Waals surface area contributed by atoms with Crippen LogP contribution in [0.15, 0.2) is 67.1 Å². The molecule has 46 heavy (non-hydrogen) atoms. The fourth-order valence-corrected chi connectivity index (χ4v) is 5.47. The highest BCUT2D eigenvalue weighted by Crippen LogP contribution is 2.29. The third kappa shape index (κ3) is 8.11. The van der Waals surface area contributed by atoms with E-state index in [0.29, 0.717) is 31.1 Å². The molecule has 3 aromatic heterocycles. The summed E-state index contributed by atoms with van der Waals surface area (Å²) in [6, 6.07) is 14.0. The molecule has 10 heteroatoms. The summed E-state index contributed by atoms with van der Waals surface area (Å²) in [5.41, 5.74) is 4.76. The maximum atomic E-state index is 12.9. The van der Waals surface area contributed by atoms with Gasteiger partial charge in [0, 0.05) is 60.8 Å². The van der Waals surface area contributed by atoms with Crippen molar-refractivity contribution < 1.29 is 23.8 Å². The third-order valence-corrected chi connectivity index (χ3v) is 7.39. The van der Waals surface area contributed by atoms with E-state index < -0.39 is 11.6 Å². The minimum atomic E-state index is -0.574. The molecule has 0 N–H and O–H groups in total. The first-order valence-electron chi connectivity index (χ1n) is 15.7. The van der Waals surface area contributed by atoms with E-state index in [2.05, 4.69) is 16.0 Å². The van der Waals surface area contributed by atoms with Crippen LogP contribution in [0.5, 0.6) is 5.75 Å². The van der Waals surface area contributed by atoms with Gasteiger partial charge in [0.15, 0.2) is 0 Å². The van der Waals surface area contributed by atoms with Crippen molar-refractivity contribution in [2.24, 2.45) is 0 Å². The number of pyridine rings is 2. The molecule has 0 radical (unpaired) electrons. The number of esters is 1. The van der Waals surface area contributed by atoms with Crippen LogP contribution in [0.4, 0.5) is 10.6 Å². The highest BCUT2D eigenvalue weighted by molar-refractivity contribution is 5.95. The van der Waals surface area contributed by atoms with Crippen molar-refractivity contribution in [3.05, 3.63) is 89.5 Å². The zero-order chi connectivity index (χ0) is 32.8. The Bertz CT molecular complexity index is 1740. The maximum absolute atomic E-state index is 12.9. The van der Waals surface area contributed by atoms with Crippen LogP contribution in [0.25, 0.3) is 16.6 Å². The number of aromatic nitrogens is 3. The minimum Gasteiger partial charge on any atom is -0.493 e. The number of nitrogens with zero attached hydrogens (tertiary/aromatic N) is 5. The predicted octanol–water partition coefficient (Wildman–Crippen LogP) is 6.25. The van der Waals surface area contributed by atoms with Crippen LogP contribution in [0.3, 0.4) is 0 Å². The van der Waals surface area contributed by atoms with Crippen LogP contribution >= 0.6 is 0 Å². The standard InChI is InChI=1S/C36H43N5O5/c1-7-44-33(42)21-32(28-19-25(22-37-23-28)24-39(5)6)40-17-14-27-20-30(12-13-31(27)40)45-18-15-29-11-10-26-9-8-16-41(34(26)38-29)35(43)46-36(2,3)4/h10-14,17,19-23H,7-9,15-16,18,24H2,1-6H3/b32-21+. The Hall–Kier alpha value is -4.70. The van der Waals surface area contributed by atoms with Gasteiger partial charge in [-0.3, -0.25) is 9.88 Å². The Kier molecular flexibility index (Phi) is 10.1. The Labute approximate surface area is 270 Å². The second kappa shape index (κ2) is 14.2. The van der Waals surface area contributed by atoms with Crippen LogP contribution in [-0.2, 0) is 33.7 Å². The van der Waals surface area contributed by atoms with Gasteiger partial charge in [-0.1, -0.05) is 6.07 Å². The van der Waals surface area contributed by atoms with Gasteiger partial charge in [0.05, 0.1) is 24.4 Å². The van der Waals surface area contributed by atoms with Crippen LogP contribution < -0.4 is 9.64 Å². The Morgan fingerprint density at radius 3 is 2.65 bits per heavy atom. The molecule has 0 fully saturated rings. The molecule has 0 atom stereocenters. The molecule has 0 saturated heterocycles. The quantitative estimate of drug-likeness (QED) is 0.151. The van der Waals surface area contributed by atoms with Gasteiger partial charge < -0.3 is 23.7 Å². The van der Waals surface area contributed by atoms with Crippen molar-refractivity contribution in [1.82, 2.24) is 19.4 Å². The molecule has 242 valence electrons. The van der Waals surface area contributed by atoms with Gasteiger partial charge in [-0.15, -0.1) is 0 Å². The summed E-state index contributed by atoms with van der Waals surface area (Å²) in [6.45, 7) is 9.41. The number of rotatable bonds is 10. The summed E-state index contributed by atoms with van der Waals surface area (Å²) in [5.74, 6) is 0.987. The van der Waals surface area contributed by atoms with Gasteiger partial charge >= 0.3 is 12.1 Å². The van der Waals surface area contributed by atoms with Gasteiger partial charge in [-0.2, -0.15) is 0 Å². The highest BCUT2D eigenvalue weighted by atomic mass is 16.6. The predicted molar refractivity (Wildman–Crippen MR) is 179 cm³/mol. The summed E-state index contributed by atoms with van der Waals surface area (Å²) in [7, 11) is 4.01. The molecule has 0 unspecified atom stereocenters. The second-order valence-corrected chi connectivity index (χ2v) is 12.6. The largest absolute Gasteiger partial charge is 0.493 e. The van der Waals surface area contributed by atoms with E-state index in [4.69, 9.17) is 19.2 Å². The first-order valence-corrected chi connectivity index (χ1v) is 15.7. The number of benzene rings is 1. The molecule has 4 heterocycles. The Morgan fingerprint density at radius 2 is 1.89 bits per heavy atom. The summed E-state index contributed by atoms with van der Waals surface area (Å²) in [5, 5.41) is 0.963. The fraction of sp³-hybridized carbons (Fsp3) is 0.389. The lowest BCUT2D eigenvalue weighted by Crippen LogP contribution is -2.40. The number of hydrogen-bond acceptors (Lipinski definition) is 8. The van der Waals surface area contributed by atoms with Crippen molar-refractivity contribution in [2.45, 2.75) is 59.1 Å². The van der Waals surface area contributed by atoms with E-state index in [-0.39, 0.29) is 12.7 Å². The lowest BCUT2D eigenvalue weighted by molar-refractivity contribution is -0.137. The van der Waals surface area contributed by atoms with E-state index in [1.54, 1.807) is 18.0 Å². The third-order valence-electron chi connectivity index (χ3n) is 7.39. The zero-order valence-corrected chi connectivity index (χ0v) is 27.6. The van der Waals surface area contributed by atoms with E-state index >= 15 is 0 Å². The molecule has 1 aliphatic heterocycles. The summed E-state index contributed by atoms with van der Waals surface area (Å²) in [6.07, 6.45) is 9.01. The number of fused-ring (bicyclic) bond motifs is 2. The summed E-state index contributed by atoms with van der Waals surface area (Å²) in [4.78, 5) is 38.4. The van der Waals surface area contributed by atoms with Crippen LogP contribution in [-0.4, -0.2) is 71.0 Å². The molecular formula is C36H43N5O5. The van der Waals surface area contributed by atoms with Crippen molar-refractivity contribution >= 4 is 34.5 Å². The van der Waals surface area contributed by atoms with Gasteiger partial charge in [0.25, 0.3) is 0 Å². The van der Waals surface area contributed by atoms with Crippen molar-refractivity contribution in [1.29, 1.82) is 0 Å². The molecule has 1 aromatic carbocycles. The molecule has 5 rings (SSSR count). The lowest BCUT2D eigenvalue weighted by Gasteiger charge is -2.31. The van der Waals surface area contributed by atoms with Crippen molar-refractivity contribution in [3.8, 4) is 5.75 Å². The first kappa shape index (κ1) is 32.7. The topological polar surface area (TPSA) is 99.0 Å². The minimum absolute atomic E-state index is 0.289. The molecule has 0 saturated carbocycles. The normalized spacial score (nSPS) is 13.5. The van der Waals surface area contributed by atoms with Gasteiger partial charge in [0.1, 0.15) is 17.2 Å². The van der Waals surface area contributed by atoms with Crippen LogP contribution in [0, 0.1) is 0 Å². The SMILES string of the molecule is CCOC(=O)/C=C(\c1cncc(CN(C)C)c1)n1ccc2cc(OCCc3ccc4c(n3)N(C(=O)OC(C)(C)C)CCC4)ccc21.